The van der Waals surface area contributed by atoms with Gasteiger partial charge in [0.25, 0.3) is 0 Å². The van der Waals surface area contributed by atoms with E-state index in [-0.39, 0.29) is 10.8 Å². The SMILES string of the molecule is CC(C)(C)c1ccc(/C=C(\c2ccc(C(C)(C)C)cc2)c2ccc3ccccc3n2)cc1. The van der Waals surface area contributed by atoms with E-state index in [4.69, 9.17) is 4.98 Å². The van der Waals surface area contributed by atoms with Crippen molar-refractivity contribution in [2.75, 3.05) is 0 Å². The molecule has 0 saturated heterocycles. The van der Waals surface area contributed by atoms with Crippen molar-refractivity contribution in [1.29, 1.82) is 0 Å². The molecule has 4 aromatic rings. The first-order valence-corrected chi connectivity index (χ1v) is 11.4. The van der Waals surface area contributed by atoms with Crippen LogP contribution in [-0.4, -0.2) is 4.98 Å². The Bertz CT molecular complexity index is 1250. The van der Waals surface area contributed by atoms with Crippen molar-refractivity contribution in [3.05, 3.63) is 113 Å². The zero-order valence-corrected chi connectivity index (χ0v) is 20.1. The molecule has 1 heteroatoms. The van der Waals surface area contributed by atoms with Crippen molar-refractivity contribution in [2.24, 2.45) is 0 Å². The number of hydrogen-bond acceptors (Lipinski definition) is 1. The van der Waals surface area contributed by atoms with Crippen LogP contribution in [0.3, 0.4) is 0 Å². The summed E-state index contributed by atoms with van der Waals surface area (Å²) >= 11 is 0. The summed E-state index contributed by atoms with van der Waals surface area (Å²) in [5.74, 6) is 0. The van der Waals surface area contributed by atoms with Crippen LogP contribution in [0.4, 0.5) is 0 Å². The minimum absolute atomic E-state index is 0.131. The van der Waals surface area contributed by atoms with Crippen molar-refractivity contribution in [3.63, 3.8) is 0 Å². The number of fused-ring (bicyclic) bond motifs is 1. The van der Waals surface area contributed by atoms with Crippen molar-refractivity contribution in [3.8, 4) is 0 Å². The summed E-state index contributed by atoms with van der Waals surface area (Å²) < 4.78 is 0. The Labute approximate surface area is 192 Å². The predicted octanol–water partition coefficient (Wildman–Crippen LogP) is 8.42. The van der Waals surface area contributed by atoms with E-state index < -0.39 is 0 Å². The largest absolute Gasteiger partial charge is 0.248 e. The normalized spacial score (nSPS) is 12.9. The van der Waals surface area contributed by atoms with Gasteiger partial charge in [-0.2, -0.15) is 0 Å². The van der Waals surface area contributed by atoms with Crippen molar-refractivity contribution in [2.45, 2.75) is 52.4 Å². The highest BCUT2D eigenvalue weighted by Gasteiger charge is 2.16. The second-order valence-corrected chi connectivity index (χ2v) is 10.6. The molecule has 0 radical (unpaired) electrons. The number of aromatic nitrogens is 1. The number of benzene rings is 3. The maximum absolute atomic E-state index is 5.01. The van der Waals surface area contributed by atoms with Crippen molar-refractivity contribution >= 4 is 22.6 Å². The smallest absolute Gasteiger partial charge is 0.0715 e. The molecule has 1 heterocycles. The second kappa shape index (κ2) is 8.39. The Morgan fingerprint density at radius 3 is 1.78 bits per heavy atom. The molecule has 0 spiro atoms. The Hall–Kier alpha value is -3.19. The molecule has 3 aromatic carbocycles. The lowest BCUT2D eigenvalue weighted by Gasteiger charge is -2.20. The molecule has 0 aliphatic carbocycles. The predicted molar refractivity (Wildman–Crippen MR) is 139 cm³/mol. The molecule has 0 saturated carbocycles. The molecule has 0 atom stereocenters. The molecule has 162 valence electrons. The van der Waals surface area contributed by atoms with Crippen LogP contribution < -0.4 is 0 Å². The lowest BCUT2D eigenvalue weighted by Crippen LogP contribution is -2.10. The van der Waals surface area contributed by atoms with Crippen LogP contribution in [0.1, 0.15) is 69.5 Å². The topological polar surface area (TPSA) is 12.9 Å². The summed E-state index contributed by atoms with van der Waals surface area (Å²) in [6, 6.07) is 30.4. The van der Waals surface area contributed by atoms with Gasteiger partial charge in [0.05, 0.1) is 11.2 Å². The third-order valence-corrected chi connectivity index (χ3v) is 6.02. The van der Waals surface area contributed by atoms with Crippen LogP contribution in [0.25, 0.3) is 22.6 Å². The van der Waals surface area contributed by atoms with Crippen LogP contribution in [-0.2, 0) is 10.8 Å². The third kappa shape index (κ3) is 4.83. The third-order valence-electron chi connectivity index (χ3n) is 6.02. The Balaban J connectivity index is 1.83. The van der Waals surface area contributed by atoms with Crippen LogP contribution in [0.2, 0.25) is 0 Å². The summed E-state index contributed by atoms with van der Waals surface area (Å²) in [5, 5.41) is 1.16. The highest BCUT2D eigenvalue weighted by molar-refractivity contribution is 5.92. The first kappa shape index (κ1) is 22.0. The number of rotatable bonds is 3. The van der Waals surface area contributed by atoms with E-state index in [9.17, 15) is 0 Å². The molecule has 1 nitrogen and oxygen atoms in total. The quantitative estimate of drug-likeness (QED) is 0.304. The molecule has 4 rings (SSSR count). The molecule has 1 aromatic heterocycles. The molecule has 0 aliphatic heterocycles. The van der Waals surface area contributed by atoms with Gasteiger partial charge in [-0.1, -0.05) is 114 Å². The van der Waals surface area contributed by atoms with Gasteiger partial charge in [-0.05, 0) is 51.3 Å². The van der Waals surface area contributed by atoms with E-state index in [0.29, 0.717) is 0 Å². The minimum Gasteiger partial charge on any atom is -0.248 e. The highest BCUT2D eigenvalue weighted by Crippen LogP contribution is 2.30. The number of pyridine rings is 1. The molecule has 0 fully saturated rings. The molecular formula is C31H33N. The molecule has 0 N–H and O–H groups in total. The Morgan fingerprint density at radius 1 is 0.625 bits per heavy atom. The zero-order valence-electron chi connectivity index (χ0n) is 20.1. The lowest BCUT2D eigenvalue weighted by molar-refractivity contribution is 0.590. The van der Waals surface area contributed by atoms with Gasteiger partial charge in [-0.25, -0.2) is 4.98 Å². The number of nitrogens with zero attached hydrogens (tertiary/aromatic N) is 1. The first-order valence-electron chi connectivity index (χ1n) is 11.4. The fourth-order valence-corrected chi connectivity index (χ4v) is 3.92. The summed E-state index contributed by atoms with van der Waals surface area (Å²) in [6.45, 7) is 13.5. The Morgan fingerprint density at radius 2 is 1.19 bits per heavy atom. The van der Waals surface area contributed by atoms with E-state index in [0.717, 1.165) is 22.2 Å². The monoisotopic (exact) mass is 419 g/mol. The second-order valence-electron chi connectivity index (χ2n) is 10.6. The van der Waals surface area contributed by atoms with Crippen LogP contribution >= 0.6 is 0 Å². The van der Waals surface area contributed by atoms with Crippen molar-refractivity contribution in [1.82, 2.24) is 4.98 Å². The maximum atomic E-state index is 5.01. The van der Waals surface area contributed by atoms with Crippen LogP contribution in [0.5, 0.6) is 0 Å². The Kier molecular flexibility index (Phi) is 5.77. The average Bonchev–Trinajstić information content (AvgIpc) is 2.76. The van der Waals surface area contributed by atoms with Gasteiger partial charge in [0.2, 0.25) is 0 Å². The van der Waals surface area contributed by atoms with E-state index in [1.165, 1.54) is 22.3 Å². The molecule has 0 unspecified atom stereocenters. The van der Waals surface area contributed by atoms with E-state index in [1.54, 1.807) is 0 Å². The average molecular weight is 420 g/mol. The van der Waals surface area contributed by atoms with Crippen LogP contribution in [0, 0.1) is 0 Å². The highest BCUT2D eigenvalue weighted by atomic mass is 14.7. The first-order chi connectivity index (χ1) is 15.1. The molecular weight excluding hydrogens is 386 g/mol. The van der Waals surface area contributed by atoms with Gasteiger partial charge in [0, 0.05) is 11.0 Å². The zero-order chi connectivity index (χ0) is 22.9. The fraction of sp³-hybridized carbons (Fsp3) is 0.258. The maximum Gasteiger partial charge on any atom is 0.0715 e. The summed E-state index contributed by atoms with van der Waals surface area (Å²) in [4.78, 5) is 5.01. The van der Waals surface area contributed by atoms with Gasteiger partial charge < -0.3 is 0 Å². The molecule has 0 amide bonds. The number of hydrogen-bond donors (Lipinski definition) is 0. The minimum atomic E-state index is 0.131. The van der Waals surface area contributed by atoms with E-state index in [1.807, 2.05) is 6.07 Å². The van der Waals surface area contributed by atoms with Gasteiger partial charge in [0.1, 0.15) is 0 Å². The molecule has 0 bridgehead atoms. The number of para-hydroxylation sites is 1. The molecule has 32 heavy (non-hydrogen) atoms. The van der Waals surface area contributed by atoms with E-state index in [2.05, 4.69) is 126 Å². The van der Waals surface area contributed by atoms with Gasteiger partial charge >= 0.3 is 0 Å². The van der Waals surface area contributed by atoms with Gasteiger partial charge in [0.15, 0.2) is 0 Å². The fourth-order valence-electron chi connectivity index (χ4n) is 3.92. The van der Waals surface area contributed by atoms with E-state index >= 15 is 0 Å². The van der Waals surface area contributed by atoms with Crippen LogP contribution in [0.15, 0.2) is 84.9 Å². The van der Waals surface area contributed by atoms with Crippen molar-refractivity contribution < 1.29 is 0 Å². The van der Waals surface area contributed by atoms with Gasteiger partial charge in [-0.3, -0.25) is 0 Å². The summed E-state index contributed by atoms with van der Waals surface area (Å²) in [6.07, 6.45) is 2.26. The lowest BCUT2D eigenvalue weighted by atomic mass is 9.85. The standard InChI is InChI=1S/C31H33N/c1-30(2,3)25-16-11-22(12-17-25)21-27(23-13-18-26(19-14-23)31(4,5)6)29-20-15-24-9-7-8-10-28(24)32-29/h7-21H,1-6H3/b27-21+. The summed E-state index contributed by atoms with van der Waals surface area (Å²) in [5.41, 5.74) is 8.47. The van der Waals surface area contributed by atoms with Gasteiger partial charge in [-0.15, -0.1) is 0 Å². The summed E-state index contributed by atoms with van der Waals surface area (Å²) in [7, 11) is 0. The molecule has 0 aliphatic rings.